The Morgan fingerprint density at radius 3 is 2.59 bits per heavy atom. The van der Waals surface area contributed by atoms with Crippen molar-refractivity contribution in [1.82, 2.24) is 4.98 Å². The molecule has 2 aromatic rings. The quantitative estimate of drug-likeness (QED) is 0.779. The van der Waals surface area contributed by atoms with Crippen LogP contribution >= 0.6 is 0 Å². The number of H-pyrrole nitrogens is 1. The summed E-state index contributed by atoms with van der Waals surface area (Å²) in [6, 6.07) is 14.8. The minimum atomic E-state index is 0.498. The fourth-order valence-electron chi connectivity index (χ4n) is 2.23. The summed E-state index contributed by atoms with van der Waals surface area (Å²) in [5.41, 5.74) is 3.74. The van der Waals surface area contributed by atoms with Crippen LogP contribution in [0.2, 0.25) is 0 Å². The standard InChI is InChI=1S/C16H15N/c1-3-7-13(8-4-1)15-11-12-16(17-15)14-9-5-2-6-10-14/h1-9,11-12,14,17H,10H2. The maximum absolute atomic E-state index is 3.51. The van der Waals surface area contributed by atoms with Gasteiger partial charge in [0.15, 0.2) is 0 Å². The number of hydrogen-bond donors (Lipinski definition) is 1. The Balaban J connectivity index is 1.88. The molecule has 1 unspecified atom stereocenters. The molecule has 0 saturated heterocycles. The molecule has 0 aliphatic heterocycles. The van der Waals surface area contributed by atoms with Gasteiger partial charge in [0, 0.05) is 17.3 Å². The summed E-state index contributed by atoms with van der Waals surface area (Å²) in [5.74, 6) is 0.498. The number of nitrogens with one attached hydrogen (secondary N) is 1. The molecule has 1 aromatic heterocycles. The van der Waals surface area contributed by atoms with Crippen LogP contribution in [0, 0.1) is 0 Å². The maximum atomic E-state index is 3.51. The third kappa shape index (κ3) is 2.09. The Bertz CT molecular complexity index is 546. The summed E-state index contributed by atoms with van der Waals surface area (Å²) >= 11 is 0. The molecule has 0 saturated carbocycles. The molecule has 1 heteroatoms. The van der Waals surface area contributed by atoms with Gasteiger partial charge in [0.25, 0.3) is 0 Å². The van der Waals surface area contributed by atoms with E-state index in [2.05, 4.69) is 65.7 Å². The molecule has 0 bridgehead atoms. The van der Waals surface area contributed by atoms with Gasteiger partial charge >= 0.3 is 0 Å². The van der Waals surface area contributed by atoms with Gasteiger partial charge in [-0.3, -0.25) is 0 Å². The molecule has 3 rings (SSSR count). The van der Waals surface area contributed by atoms with E-state index >= 15 is 0 Å². The number of aromatic amines is 1. The Labute approximate surface area is 102 Å². The van der Waals surface area contributed by atoms with E-state index in [1.165, 1.54) is 17.0 Å². The second kappa shape index (κ2) is 4.46. The van der Waals surface area contributed by atoms with Crippen LogP contribution in [0.1, 0.15) is 18.0 Å². The lowest BCUT2D eigenvalue weighted by atomic mass is 9.98. The molecule has 1 nitrogen and oxygen atoms in total. The molecule has 0 radical (unpaired) electrons. The van der Waals surface area contributed by atoms with E-state index < -0.39 is 0 Å². The fraction of sp³-hybridized carbons (Fsp3) is 0.125. The molecule has 84 valence electrons. The average molecular weight is 221 g/mol. The molecule has 1 heterocycles. The highest BCUT2D eigenvalue weighted by Crippen LogP contribution is 2.26. The van der Waals surface area contributed by atoms with Crippen molar-refractivity contribution in [3.05, 3.63) is 72.5 Å². The van der Waals surface area contributed by atoms with Crippen LogP contribution in [-0.2, 0) is 0 Å². The van der Waals surface area contributed by atoms with E-state index in [4.69, 9.17) is 0 Å². The molecular formula is C16H15N. The van der Waals surface area contributed by atoms with Crippen molar-refractivity contribution in [2.24, 2.45) is 0 Å². The first kappa shape index (κ1) is 10.2. The van der Waals surface area contributed by atoms with Gasteiger partial charge in [-0.15, -0.1) is 0 Å². The molecule has 1 aromatic carbocycles. The van der Waals surface area contributed by atoms with Crippen molar-refractivity contribution >= 4 is 0 Å². The Hall–Kier alpha value is -2.02. The largest absolute Gasteiger partial charge is 0.358 e. The van der Waals surface area contributed by atoms with E-state index in [1.54, 1.807) is 0 Å². The van der Waals surface area contributed by atoms with Crippen LogP contribution in [0.15, 0.2) is 66.8 Å². The number of rotatable bonds is 2. The van der Waals surface area contributed by atoms with Crippen molar-refractivity contribution < 1.29 is 0 Å². The van der Waals surface area contributed by atoms with Crippen LogP contribution < -0.4 is 0 Å². The predicted molar refractivity (Wildman–Crippen MR) is 71.9 cm³/mol. The number of benzene rings is 1. The normalized spacial score (nSPS) is 18.5. The zero-order chi connectivity index (χ0) is 11.5. The second-order valence-electron chi connectivity index (χ2n) is 4.35. The number of allylic oxidation sites excluding steroid dienone is 4. The van der Waals surface area contributed by atoms with Crippen molar-refractivity contribution in [3.63, 3.8) is 0 Å². The monoisotopic (exact) mass is 221 g/mol. The summed E-state index contributed by atoms with van der Waals surface area (Å²) in [7, 11) is 0. The zero-order valence-corrected chi connectivity index (χ0v) is 9.64. The first-order valence-corrected chi connectivity index (χ1v) is 6.01. The van der Waals surface area contributed by atoms with Crippen molar-refractivity contribution in [2.75, 3.05) is 0 Å². The highest BCUT2D eigenvalue weighted by atomic mass is 14.7. The topological polar surface area (TPSA) is 15.8 Å². The maximum Gasteiger partial charge on any atom is 0.0456 e. The molecule has 1 aliphatic carbocycles. The molecular weight excluding hydrogens is 206 g/mol. The van der Waals surface area contributed by atoms with E-state index in [-0.39, 0.29) is 0 Å². The second-order valence-corrected chi connectivity index (χ2v) is 4.35. The Morgan fingerprint density at radius 2 is 1.82 bits per heavy atom. The van der Waals surface area contributed by atoms with Gasteiger partial charge in [0.1, 0.15) is 0 Å². The van der Waals surface area contributed by atoms with Gasteiger partial charge in [-0.1, -0.05) is 54.6 Å². The van der Waals surface area contributed by atoms with E-state index in [0.29, 0.717) is 5.92 Å². The highest BCUT2D eigenvalue weighted by Gasteiger charge is 2.10. The first-order valence-electron chi connectivity index (χ1n) is 6.01. The predicted octanol–water partition coefficient (Wildman–Crippen LogP) is 4.28. The smallest absolute Gasteiger partial charge is 0.0456 e. The van der Waals surface area contributed by atoms with Gasteiger partial charge in [-0.05, 0) is 24.1 Å². The molecule has 1 N–H and O–H groups in total. The first-order chi connectivity index (χ1) is 8.43. The third-order valence-corrected chi connectivity index (χ3v) is 3.17. The minimum Gasteiger partial charge on any atom is -0.358 e. The molecule has 1 atom stereocenters. The molecule has 1 aliphatic rings. The van der Waals surface area contributed by atoms with Crippen molar-refractivity contribution in [3.8, 4) is 11.3 Å². The van der Waals surface area contributed by atoms with Crippen LogP contribution in [0.4, 0.5) is 0 Å². The number of hydrogen-bond acceptors (Lipinski definition) is 0. The molecule has 0 spiro atoms. The van der Waals surface area contributed by atoms with E-state index in [9.17, 15) is 0 Å². The molecule has 0 fully saturated rings. The Kier molecular flexibility index (Phi) is 2.66. The van der Waals surface area contributed by atoms with Crippen molar-refractivity contribution in [2.45, 2.75) is 12.3 Å². The zero-order valence-electron chi connectivity index (χ0n) is 9.64. The Morgan fingerprint density at radius 1 is 0.941 bits per heavy atom. The van der Waals surface area contributed by atoms with E-state index in [0.717, 1.165) is 6.42 Å². The van der Waals surface area contributed by atoms with Crippen LogP contribution in [-0.4, -0.2) is 4.98 Å². The summed E-state index contributed by atoms with van der Waals surface area (Å²) in [5, 5.41) is 0. The third-order valence-electron chi connectivity index (χ3n) is 3.17. The summed E-state index contributed by atoms with van der Waals surface area (Å²) < 4.78 is 0. The lowest BCUT2D eigenvalue weighted by Gasteiger charge is -2.10. The number of aromatic nitrogens is 1. The summed E-state index contributed by atoms with van der Waals surface area (Å²) in [4.78, 5) is 3.51. The minimum absolute atomic E-state index is 0.498. The van der Waals surface area contributed by atoms with Crippen molar-refractivity contribution in [1.29, 1.82) is 0 Å². The van der Waals surface area contributed by atoms with Gasteiger partial charge in [0.05, 0.1) is 0 Å². The lowest BCUT2D eigenvalue weighted by Crippen LogP contribution is -1.96. The molecule has 0 amide bonds. The summed E-state index contributed by atoms with van der Waals surface area (Å²) in [6.07, 6.45) is 9.79. The van der Waals surface area contributed by atoms with Gasteiger partial charge in [0.2, 0.25) is 0 Å². The fourth-order valence-corrected chi connectivity index (χ4v) is 2.23. The highest BCUT2D eigenvalue weighted by molar-refractivity contribution is 5.59. The SMILES string of the molecule is C1=CCC(c2ccc(-c3ccccc3)[nH]2)C=C1. The van der Waals surface area contributed by atoms with Gasteiger partial charge < -0.3 is 4.98 Å². The molecule has 17 heavy (non-hydrogen) atoms. The van der Waals surface area contributed by atoms with Crippen LogP contribution in [0.5, 0.6) is 0 Å². The van der Waals surface area contributed by atoms with Gasteiger partial charge in [-0.25, -0.2) is 0 Å². The van der Waals surface area contributed by atoms with Gasteiger partial charge in [-0.2, -0.15) is 0 Å². The lowest BCUT2D eigenvalue weighted by molar-refractivity contribution is 0.825. The van der Waals surface area contributed by atoms with Crippen LogP contribution in [0.25, 0.3) is 11.3 Å². The van der Waals surface area contributed by atoms with E-state index in [1.807, 2.05) is 6.07 Å². The average Bonchev–Trinajstić information content (AvgIpc) is 2.90. The van der Waals surface area contributed by atoms with Crippen LogP contribution in [0.3, 0.4) is 0 Å². The summed E-state index contributed by atoms with van der Waals surface area (Å²) in [6.45, 7) is 0.